The summed E-state index contributed by atoms with van der Waals surface area (Å²) in [5.74, 6) is 1.77. The van der Waals surface area contributed by atoms with Gasteiger partial charge in [0.1, 0.15) is 0 Å². The van der Waals surface area contributed by atoms with E-state index >= 15 is 0 Å². The molecule has 10 rings (SSSR count). The topological polar surface area (TPSA) is 64.5 Å². The molecule has 3 heterocycles. The Kier molecular flexibility index (Phi) is 7.07. The molecule has 0 saturated carbocycles. The van der Waals surface area contributed by atoms with Gasteiger partial charge in [-0.05, 0) is 33.4 Å². The molecule has 0 saturated heterocycles. The molecule has 5 heteroatoms. The molecule has 0 bridgehead atoms. The highest BCUT2D eigenvalue weighted by atomic mass is 15.0. The van der Waals surface area contributed by atoms with Crippen LogP contribution >= 0.6 is 0 Å². The van der Waals surface area contributed by atoms with E-state index < -0.39 is 0 Å². The van der Waals surface area contributed by atoms with E-state index in [0.717, 1.165) is 66.3 Å². The largest absolute Gasteiger partial charge is 0.253 e. The fraction of sp³-hybridized carbons (Fsp3) is 0. The summed E-state index contributed by atoms with van der Waals surface area (Å²) in [6.45, 7) is 0. The maximum absolute atomic E-state index is 5.27. The Labute approximate surface area is 300 Å². The lowest BCUT2D eigenvalue weighted by molar-refractivity contribution is 1.07. The fourth-order valence-corrected chi connectivity index (χ4v) is 7.25. The van der Waals surface area contributed by atoms with Crippen molar-refractivity contribution in [1.29, 1.82) is 0 Å². The standard InChI is InChI=1S/C47H29N5/c1-3-13-30(14-4-1)31-23-25-34(26-24-31)46-50-45(33-16-5-2-6-17-33)51-47(52-46)40-29-48-43(37-20-10-9-19-36(37)40)44-39-28-27-32-15-7-8-18-35(32)42(39)38-21-11-12-22-41(38)49-44/h1-29H. The molecule has 0 spiro atoms. The fourth-order valence-electron chi connectivity index (χ4n) is 7.25. The predicted molar refractivity (Wildman–Crippen MR) is 213 cm³/mol. The third-order valence-corrected chi connectivity index (χ3v) is 9.77. The van der Waals surface area contributed by atoms with Crippen LogP contribution in [0.5, 0.6) is 0 Å². The molecule has 0 aliphatic heterocycles. The number of para-hydroxylation sites is 1. The molecule has 5 nitrogen and oxygen atoms in total. The molecular weight excluding hydrogens is 635 g/mol. The van der Waals surface area contributed by atoms with Gasteiger partial charge in [0.25, 0.3) is 0 Å². The summed E-state index contributed by atoms with van der Waals surface area (Å²) >= 11 is 0. The number of fused-ring (bicyclic) bond motifs is 6. The summed E-state index contributed by atoms with van der Waals surface area (Å²) in [4.78, 5) is 25.6. The average Bonchev–Trinajstić information content (AvgIpc) is 3.23. The van der Waals surface area contributed by atoms with Crippen molar-refractivity contribution in [3.63, 3.8) is 0 Å². The van der Waals surface area contributed by atoms with Gasteiger partial charge in [-0.1, -0.05) is 164 Å². The van der Waals surface area contributed by atoms with E-state index in [4.69, 9.17) is 24.9 Å². The van der Waals surface area contributed by atoms with Gasteiger partial charge in [-0.25, -0.2) is 19.9 Å². The van der Waals surface area contributed by atoms with Crippen molar-refractivity contribution < 1.29 is 0 Å². The Balaban J connectivity index is 1.18. The van der Waals surface area contributed by atoms with Gasteiger partial charge in [-0.2, -0.15) is 0 Å². The highest BCUT2D eigenvalue weighted by molar-refractivity contribution is 6.23. The molecule has 52 heavy (non-hydrogen) atoms. The molecule has 0 atom stereocenters. The molecule has 0 aliphatic rings. The Bertz CT molecular complexity index is 2930. The number of rotatable bonds is 5. The van der Waals surface area contributed by atoms with Gasteiger partial charge in [0.05, 0.1) is 16.9 Å². The summed E-state index contributed by atoms with van der Waals surface area (Å²) in [6, 6.07) is 58.4. The minimum absolute atomic E-state index is 0.563. The van der Waals surface area contributed by atoms with E-state index in [0.29, 0.717) is 17.5 Å². The lowest BCUT2D eigenvalue weighted by atomic mass is 9.95. The summed E-state index contributed by atoms with van der Waals surface area (Å²) in [6.07, 6.45) is 1.90. The Morgan fingerprint density at radius 1 is 0.308 bits per heavy atom. The van der Waals surface area contributed by atoms with Gasteiger partial charge in [0.2, 0.25) is 0 Å². The SMILES string of the molecule is c1ccc(-c2ccc(-c3nc(-c4ccccc4)nc(-c4cnc(-c5nc6ccccc6c6c5ccc5ccccc56)c5ccccc45)n3)cc2)cc1. The molecule has 0 aliphatic carbocycles. The number of aromatic nitrogens is 5. The zero-order valence-electron chi connectivity index (χ0n) is 28.0. The first-order valence-electron chi connectivity index (χ1n) is 17.3. The van der Waals surface area contributed by atoms with Crippen LogP contribution in [0.3, 0.4) is 0 Å². The molecule has 0 N–H and O–H groups in total. The first-order valence-corrected chi connectivity index (χ1v) is 17.3. The second-order valence-electron chi connectivity index (χ2n) is 12.9. The van der Waals surface area contributed by atoms with E-state index in [1.807, 2.05) is 48.7 Å². The first kappa shape index (κ1) is 29.8. The van der Waals surface area contributed by atoms with Crippen molar-refractivity contribution >= 4 is 43.2 Å². The molecule has 7 aromatic carbocycles. The molecular formula is C47H29N5. The zero-order chi connectivity index (χ0) is 34.4. The van der Waals surface area contributed by atoms with Crippen LogP contribution in [0.15, 0.2) is 176 Å². The number of benzene rings is 7. The van der Waals surface area contributed by atoms with Gasteiger partial charge >= 0.3 is 0 Å². The van der Waals surface area contributed by atoms with Gasteiger partial charge in [0, 0.05) is 44.4 Å². The zero-order valence-corrected chi connectivity index (χ0v) is 28.0. The summed E-state index contributed by atoms with van der Waals surface area (Å²) < 4.78 is 0. The Morgan fingerprint density at radius 3 is 1.60 bits per heavy atom. The smallest absolute Gasteiger partial charge is 0.166 e. The Morgan fingerprint density at radius 2 is 0.846 bits per heavy atom. The monoisotopic (exact) mass is 663 g/mol. The lowest BCUT2D eigenvalue weighted by Crippen LogP contribution is -2.01. The number of nitrogens with zero attached hydrogens (tertiary/aromatic N) is 5. The van der Waals surface area contributed by atoms with Gasteiger partial charge in [0.15, 0.2) is 17.5 Å². The second kappa shape index (κ2) is 12.3. The molecule has 0 amide bonds. The van der Waals surface area contributed by atoms with Gasteiger partial charge < -0.3 is 0 Å². The highest BCUT2D eigenvalue weighted by Crippen LogP contribution is 2.40. The molecule has 10 aromatic rings. The highest BCUT2D eigenvalue weighted by Gasteiger charge is 2.20. The quantitative estimate of drug-likeness (QED) is 0.171. The second-order valence-corrected chi connectivity index (χ2v) is 12.9. The lowest BCUT2D eigenvalue weighted by Gasteiger charge is -2.15. The minimum Gasteiger partial charge on any atom is -0.253 e. The molecule has 242 valence electrons. The van der Waals surface area contributed by atoms with Crippen molar-refractivity contribution in [3.05, 3.63) is 176 Å². The maximum atomic E-state index is 5.27. The summed E-state index contributed by atoms with van der Waals surface area (Å²) in [5, 5.41) is 7.74. The van der Waals surface area contributed by atoms with Crippen molar-refractivity contribution in [2.45, 2.75) is 0 Å². The van der Waals surface area contributed by atoms with Gasteiger partial charge in [-0.15, -0.1) is 0 Å². The predicted octanol–water partition coefficient (Wildman–Crippen LogP) is 11.6. The van der Waals surface area contributed by atoms with Crippen LogP contribution in [0.2, 0.25) is 0 Å². The normalized spacial score (nSPS) is 11.5. The van der Waals surface area contributed by atoms with E-state index in [9.17, 15) is 0 Å². The van der Waals surface area contributed by atoms with E-state index in [1.165, 1.54) is 16.2 Å². The van der Waals surface area contributed by atoms with Crippen LogP contribution in [0, 0.1) is 0 Å². The molecule has 0 radical (unpaired) electrons. The summed E-state index contributed by atoms with van der Waals surface area (Å²) in [7, 11) is 0. The average molecular weight is 664 g/mol. The van der Waals surface area contributed by atoms with Crippen LogP contribution in [-0.2, 0) is 0 Å². The van der Waals surface area contributed by atoms with Crippen LogP contribution in [0.4, 0.5) is 0 Å². The van der Waals surface area contributed by atoms with Gasteiger partial charge in [-0.3, -0.25) is 4.98 Å². The molecule has 0 unspecified atom stereocenters. The van der Waals surface area contributed by atoms with Crippen LogP contribution < -0.4 is 0 Å². The number of hydrogen-bond donors (Lipinski definition) is 0. The third-order valence-electron chi connectivity index (χ3n) is 9.77. The van der Waals surface area contributed by atoms with E-state index in [-0.39, 0.29) is 0 Å². The van der Waals surface area contributed by atoms with Crippen LogP contribution in [0.1, 0.15) is 0 Å². The van der Waals surface area contributed by atoms with Crippen LogP contribution in [0.25, 0.3) is 99.9 Å². The minimum atomic E-state index is 0.563. The molecule has 0 fully saturated rings. The maximum Gasteiger partial charge on any atom is 0.166 e. The third kappa shape index (κ3) is 5.07. The van der Waals surface area contributed by atoms with Crippen molar-refractivity contribution in [1.82, 2.24) is 24.9 Å². The van der Waals surface area contributed by atoms with Crippen molar-refractivity contribution in [2.24, 2.45) is 0 Å². The summed E-state index contributed by atoms with van der Waals surface area (Å²) in [5.41, 5.74) is 7.56. The molecule has 3 aromatic heterocycles. The van der Waals surface area contributed by atoms with Crippen molar-refractivity contribution in [2.75, 3.05) is 0 Å². The first-order chi connectivity index (χ1) is 25.8. The van der Waals surface area contributed by atoms with E-state index in [1.54, 1.807) is 0 Å². The van der Waals surface area contributed by atoms with Crippen LogP contribution in [-0.4, -0.2) is 24.9 Å². The number of pyridine rings is 2. The number of hydrogen-bond acceptors (Lipinski definition) is 5. The van der Waals surface area contributed by atoms with Crippen molar-refractivity contribution in [3.8, 4) is 56.7 Å². The Hall–Kier alpha value is -7.11. The van der Waals surface area contributed by atoms with E-state index in [2.05, 4.69) is 127 Å².